The molecule has 0 aromatic heterocycles. The highest BCUT2D eigenvalue weighted by molar-refractivity contribution is 7.81. The van der Waals surface area contributed by atoms with Gasteiger partial charge in [-0.05, 0) is 38.5 Å². The Hall–Kier alpha value is -1.21. The van der Waals surface area contributed by atoms with Crippen molar-refractivity contribution < 1.29 is 23.3 Å². The summed E-state index contributed by atoms with van der Waals surface area (Å²) in [7, 11) is -0.986. The maximum Gasteiger partial charge on any atom is 0.334 e. The first-order chi connectivity index (χ1) is 11.5. The fourth-order valence-corrected chi connectivity index (χ4v) is 3.82. The Morgan fingerprint density at radius 3 is 2.21 bits per heavy atom. The molecular weight excluding hydrogens is 330 g/mol. The van der Waals surface area contributed by atoms with Gasteiger partial charge in [0.2, 0.25) is 0 Å². The molecule has 0 amide bonds. The number of carbonyl (C=O) groups is 2. The maximum absolute atomic E-state index is 12.1. The van der Waals surface area contributed by atoms with E-state index in [1.165, 1.54) is 6.42 Å². The Bertz CT molecular complexity index is 493. The molecule has 6 nitrogen and oxygen atoms in total. The van der Waals surface area contributed by atoms with Crippen LogP contribution in [0, 0.1) is 0 Å². The third-order valence-electron chi connectivity index (χ3n) is 4.53. The quantitative estimate of drug-likeness (QED) is 0.538. The van der Waals surface area contributed by atoms with Gasteiger partial charge in [0, 0.05) is 24.9 Å². The zero-order valence-electron chi connectivity index (χ0n) is 14.3. The molecule has 1 saturated heterocycles. The van der Waals surface area contributed by atoms with Gasteiger partial charge in [-0.15, -0.1) is 0 Å². The fraction of sp³-hybridized carbons (Fsp3) is 0.765. The number of hydrogen-bond acceptors (Lipinski definition) is 5. The second-order valence-electron chi connectivity index (χ2n) is 6.49. The van der Waals surface area contributed by atoms with Crippen molar-refractivity contribution in [2.75, 3.05) is 19.3 Å². The molecule has 1 saturated carbocycles. The van der Waals surface area contributed by atoms with Gasteiger partial charge >= 0.3 is 11.9 Å². The van der Waals surface area contributed by atoms with Gasteiger partial charge < -0.3 is 9.47 Å². The van der Waals surface area contributed by atoms with Crippen LogP contribution in [-0.4, -0.2) is 52.0 Å². The van der Waals surface area contributed by atoms with Crippen LogP contribution >= 0.6 is 0 Å². The van der Waals surface area contributed by atoms with Gasteiger partial charge in [0.25, 0.3) is 0 Å². The fourth-order valence-electron chi connectivity index (χ4n) is 3.10. The molecule has 7 heteroatoms. The molecule has 0 N–H and O–H groups in total. The zero-order chi connectivity index (χ0) is 17.5. The normalized spacial score (nSPS) is 21.9. The Morgan fingerprint density at radius 1 is 1.04 bits per heavy atom. The molecule has 2 aliphatic rings. The molecule has 1 aliphatic carbocycles. The van der Waals surface area contributed by atoms with Crippen molar-refractivity contribution in [2.45, 2.75) is 63.6 Å². The molecule has 0 aromatic rings. The minimum absolute atomic E-state index is 0.0192. The van der Waals surface area contributed by atoms with Gasteiger partial charge in [-0.3, -0.25) is 4.79 Å². The van der Waals surface area contributed by atoms with E-state index in [-0.39, 0.29) is 24.2 Å². The average Bonchev–Trinajstić information content (AvgIpc) is 2.56. The lowest BCUT2D eigenvalue weighted by atomic mass is 9.98. The van der Waals surface area contributed by atoms with Gasteiger partial charge in [0.15, 0.2) is 0 Å². The largest absolute Gasteiger partial charge is 0.462 e. The lowest BCUT2D eigenvalue weighted by molar-refractivity contribution is -0.153. The number of hydrogen-bond donors (Lipinski definition) is 0. The molecule has 0 radical (unpaired) electrons. The minimum atomic E-state index is -0.986. The molecule has 136 valence electrons. The van der Waals surface area contributed by atoms with Crippen LogP contribution in [0.2, 0.25) is 0 Å². The number of esters is 2. The topological polar surface area (TPSA) is 72.9 Å². The monoisotopic (exact) mass is 357 g/mol. The Labute approximate surface area is 146 Å². The molecular formula is C17H27NO5S. The van der Waals surface area contributed by atoms with Gasteiger partial charge in [-0.25, -0.2) is 13.3 Å². The molecule has 1 aliphatic heterocycles. The number of piperidine rings is 1. The summed E-state index contributed by atoms with van der Waals surface area (Å²) in [6.45, 7) is 4.93. The summed E-state index contributed by atoms with van der Waals surface area (Å²) in [5.41, 5.74) is 0.136. The Kier molecular flexibility index (Phi) is 7.42. The van der Waals surface area contributed by atoms with E-state index in [2.05, 4.69) is 6.58 Å². The van der Waals surface area contributed by atoms with Crippen molar-refractivity contribution >= 4 is 22.9 Å². The predicted molar refractivity (Wildman–Crippen MR) is 91.5 cm³/mol. The highest BCUT2D eigenvalue weighted by atomic mass is 32.2. The molecule has 1 unspecified atom stereocenters. The highest BCUT2D eigenvalue weighted by Crippen LogP contribution is 2.21. The summed E-state index contributed by atoms with van der Waals surface area (Å²) in [5, 5.41) is 0. The molecule has 0 bridgehead atoms. The van der Waals surface area contributed by atoms with Crippen LogP contribution in [0.3, 0.4) is 0 Å². The van der Waals surface area contributed by atoms with E-state index in [1.54, 1.807) is 6.26 Å². The SMILES string of the molecule is C=C(CC(=O)OC1CCCCC1)C(=O)OC1CCN(S(C)=O)CC1. The molecule has 2 fully saturated rings. The number of carbonyl (C=O) groups excluding carboxylic acids is 2. The summed E-state index contributed by atoms with van der Waals surface area (Å²) in [6, 6.07) is 0. The number of nitrogens with zero attached hydrogens (tertiary/aromatic N) is 1. The number of rotatable bonds is 6. The molecule has 24 heavy (non-hydrogen) atoms. The molecule has 2 rings (SSSR count). The van der Waals surface area contributed by atoms with E-state index in [0.29, 0.717) is 25.9 Å². The molecule has 1 atom stereocenters. The van der Waals surface area contributed by atoms with Crippen LogP contribution < -0.4 is 0 Å². The van der Waals surface area contributed by atoms with Gasteiger partial charge in [0.05, 0.1) is 17.4 Å². The van der Waals surface area contributed by atoms with Gasteiger partial charge in [-0.1, -0.05) is 13.0 Å². The van der Waals surface area contributed by atoms with E-state index >= 15 is 0 Å². The van der Waals surface area contributed by atoms with Crippen LogP contribution in [0.25, 0.3) is 0 Å². The standard InChI is InChI=1S/C17H27NO5S/c1-13(12-16(19)22-14-6-4-3-5-7-14)17(20)23-15-8-10-18(11-9-15)24(2)21/h14-15H,1,3-12H2,2H3. The Balaban J connectivity index is 1.69. The maximum atomic E-state index is 12.1. The zero-order valence-corrected chi connectivity index (χ0v) is 15.1. The third kappa shape index (κ3) is 6.02. The lowest BCUT2D eigenvalue weighted by Gasteiger charge is -2.29. The molecule has 1 heterocycles. The van der Waals surface area contributed by atoms with E-state index in [0.717, 1.165) is 25.7 Å². The van der Waals surface area contributed by atoms with E-state index in [1.807, 2.05) is 4.31 Å². The van der Waals surface area contributed by atoms with Gasteiger partial charge in [0.1, 0.15) is 12.2 Å². The summed E-state index contributed by atoms with van der Waals surface area (Å²) in [4.78, 5) is 24.0. The van der Waals surface area contributed by atoms with Crippen molar-refractivity contribution in [1.82, 2.24) is 4.31 Å². The van der Waals surface area contributed by atoms with Gasteiger partial charge in [-0.2, -0.15) is 0 Å². The summed E-state index contributed by atoms with van der Waals surface area (Å²) in [6.07, 6.45) is 7.76. The molecule has 0 aromatic carbocycles. The second-order valence-corrected chi connectivity index (χ2v) is 7.85. The van der Waals surface area contributed by atoms with Crippen LogP contribution in [0.1, 0.15) is 51.4 Å². The minimum Gasteiger partial charge on any atom is -0.462 e. The van der Waals surface area contributed by atoms with Crippen molar-refractivity contribution in [1.29, 1.82) is 0 Å². The average molecular weight is 357 g/mol. The van der Waals surface area contributed by atoms with Crippen molar-refractivity contribution in [2.24, 2.45) is 0 Å². The second kappa shape index (κ2) is 9.32. The Morgan fingerprint density at radius 2 is 1.62 bits per heavy atom. The lowest BCUT2D eigenvalue weighted by Crippen LogP contribution is -2.38. The van der Waals surface area contributed by atoms with Crippen molar-refractivity contribution in [3.05, 3.63) is 12.2 Å². The first kappa shape index (κ1) is 19.1. The number of ether oxygens (including phenoxy) is 2. The van der Waals surface area contributed by atoms with Crippen molar-refractivity contribution in [3.8, 4) is 0 Å². The van der Waals surface area contributed by atoms with E-state index in [9.17, 15) is 13.8 Å². The van der Waals surface area contributed by atoms with Crippen LogP contribution in [0.15, 0.2) is 12.2 Å². The summed E-state index contributed by atoms with van der Waals surface area (Å²) < 4.78 is 24.0. The van der Waals surface area contributed by atoms with E-state index in [4.69, 9.17) is 9.47 Å². The first-order valence-corrected chi connectivity index (χ1v) is 10.1. The summed E-state index contributed by atoms with van der Waals surface area (Å²) >= 11 is 0. The third-order valence-corrected chi connectivity index (χ3v) is 5.63. The highest BCUT2D eigenvalue weighted by Gasteiger charge is 2.26. The van der Waals surface area contributed by atoms with Crippen molar-refractivity contribution in [3.63, 3.8) is 0 Å². The summed E-state index contributed by atoms with van der Waals surface area (Å²) in [5.74, 6) is -0.938. The van der Waals surface area contributed by atoms with Crippen LogP contribution in [-0.2, 0) is 30.0 Å². The predicted octanol–water partition coefficient (Wildman–Crippen LogP) is 2.11. The van der Waals surface area contributed by atoms with Crippen LogP contribution in [0.5, 0.6) is 0 Å². The van der Waals surface area contributed by atoms with Crippen LogP contribution in [0.4, 0.5) is 0 Å². The first-order valence-electron chi connectivity index (χ1n) is 8.62. The smallest absolute Gasteiger partial charge is 0.334 e. The van der Waals surface area contributed by atoms with E-state index < -0.39 is 22.9 Å². The molecule has 0 spiro atoms.